The Bertz CT molecular complexity index is 219. The molecule has 0 aliphatic carbocycles. The second kappa shape index (κ2) is 10.6. The van der Waals surface area contributed by atoms with E-state index in [2.05, 4.69) is 63.7 Å². The molecule has 0 aromatic rings. The van der Waals surface area contributed by atoms with Crippen LogP contribution in [0.5, 0.6) is 0 Å². The van der Waals surface area contributed by atoms with Crippen molar-refractivity contribution in [2.75, 3.05) is 46.3 Å². The molecule has 20 heavy (non-hydrogen) atoms. The molecule has 0 rings (SSSR count). The van der Waals surface area contributed by atoms with Gasteiger partial charge in [-0.15, -0.1) is 0 Å². The highest BCUT2D eigenvalue weighted by molar-refractivity contribution is 4.80. The molecule has 122 valence electrons. The molecule has 0 saturated carbocycles. The van der Waals surface area contributed by atoms with Gasteiger partial charge in [0.05, 0.1) is 0 Å². The first kappa shape index (κ1) is 19.9. The van der Waals surface area contributed by atoms with E-state index < -0.39 is 0 Å². The summed E-state index contributed by atoms with van der Waals surface area (Å²) < 4.78 is 0. The van der Waals surface area contributed by atoms with E-state index in [0.29, 0.717) is 11.5 Å². The lowest BCUT2D eigenvalue weighted by Crippen LogP contribution is -2.41. The lowest BCUT2D eigenvalue weighted by Gasteiger charge is -2.32. The molecule has 3 nitrogen and oxygen atoms in total. The molecule has 3 heteroatoms. The summed E-state index contributed by atoms with van der Waals surface area (Å²) in [6.07, 6.45) is 2.52. The minimum absolute atomic E-state index is 0.343. The van der Waals surface area contributed by atoms with Gasteiger partial charge < -0.3 is 15.1 Å². The van der Waals surface area contributed by atoms with Crippen LogP contribution < -0.4 is 5.32 Å². The molecule has 1 atom stereocenters. The van der Waals surface area contributed by atoms with Crippen molar-refractivity contribution in [2.45, 2.75) is 60.4 Å². The summed E-state index contributed by atoms with van der Waals surface area (Å²) in [6, 6.07) is 0.597. The summed E-state index contributed by atoms with van der Waals surface area (Å²) in [4.78, 5) is 5.11. The SMILES string of the molecule is CCN(CC)CCCN(CC)CCC(NC)C(C)(C)C. The Morgan fingerprint density at radius 1 is 0.850 bits per heavy atom. The first-order chi connectivity index (χ1) is 9.38. The second-order valence-electron chi connectivity index (χ2n) is 6.81. The van der Waals surface area contributed by atoms with Gasteiger partial charge in [-0.05, 0) is 64.6 Å². The Labute approximate surface area is 128 Å². The van der Waals surface area contributed by atoms with Gasteiger partial charge in [-0.3, -0.25) is 0 Å². The first-order valence-corrected chi connectivity index (χ1v) is 8.50. The summed E-state index contributed by atoms with van der Waals surface area (Å²) in [5.41, 5.74) is 0.343. The van der Waals surface area contributed by atoms with Crippen LogP contribution in [0.3, 0.4) is 0 Å². The van der Waals surface area contributed by atoms with Crippen molar-refractivity contribution in [2.24, 2.45) is 5.41 Å². The Morgan fingerprint density at radius 3 is 1.75 bits per heavy atom. The topological polar surface area (TPSA) is 18.5 Å². The normalized spacial score (nSPS) is 14.2. The van der Waals surface area contributed by atoms with Gasteiger partial charge in [-0.25, -0.2) is 0 Å². The summed E-state index contributed by atoms with van der Waals surface area (Å²) in [5.74, 6) is 0. The number of rotatable bonds is 11. The maximum atomic E-state index is 3.48. The number of nitrogens with zero attached hydrogens (tertiary/aromatic N) is 2. The molecule has 0 aromatic heterocycles. The van der Waals surface area contributed by atoms with Crippen molar-refractivity contribution in [1.29, 1.82) is 0 Å². The molecule has 0 spiro atoms. The molecular formula is C17H39N3. The summed E-state index contributed by atoms with van der Waals surface area (Å²) >= 11 is 0. The lowest BCUT2D eigenvalue weighted by molar-refractivity contribution is 0.204. The van der Waals surface area contributed by atoms with E-state index in [0.717, 1.165) is 0 Å². The third kappa shape index (κ3) is 8.23. The summed E-state index contributed by atoms with van der Waals surface area (Å²) in [7, 11) is 2.09. The Kier molecular flexibility index (Phi) is 10.5. The van der Waals surface area contributed by atoms with Gasteiger partial charge in [0, 0.05) is 6.04 Å². The fourth-order valence-corrected chi connectivity index (χ4v) is 2.81. The molecule has 0 radical (unpaired) electrons. The standard InChI is InChI=1S/C17H39N3/c1-8-19(9-2)13-11-14-20(10-3)15-12-16(18-7)17(4,5)6/h16,18H,8-15H2,1-7H3. The van der Waals surface area contributed by atoms with Crippen molar-refractivity contribution < 1.29 is 0 Å². The average Bonchev–Trinajstić information content (AvgIpc) is 2.40. The van der Waals surface area contributed by atoms with E-state index in [1.165, 1.54) is 52.1 Å². The number of hydrogen-bond acceptors (Lipinski definition) is 3. The van der Waals surface area contributed by atoms with Gasteiger partial charge >= 0.3 is 0 Å². The predicted octanol–water partition coefficient (Wildman–Crippen LogP) is 3.06. The molecule has 0 heterocycles. The van der Waals surface area contributed by atoms with E-state index in [9.17, 15) is 0 Å². The summed E-state index contributed by atoms with van der Waals surface area (Å²) in [5, 5.41) is 3.48. The van der Waals surface area contributed by atoms with Crippen molar-refractivity contribution in [1.82, 2.24) is 15.1 Å². The van der Waals surface area contributed by atoms with Crippen LogP contribution in [0.1, 0.15) is 54.4 Å². The largest absolute Gasteiger partial charge is 0.316 e. The average molecular weight is 286 g/mol. The molecule has 0 aliphatic rings. The highest BCUT2D eigenvalue weighted by Gasteiger charge is 2.23. The van der Waals surface area contributed by atoms with Gasteiger partial charge in [0.15, 0.2) is 0 Å². The fourth-order valence-electron chi connectivity index (χ4n) is 2.81. The zero-order valence-corrected chi connectivity index (χ0v) is 15.1. The van der Waals surface area contributed by atoms with Gasteiger partial charge in [-0.2, -0.15) is 0 Å². The van der Waals surface area contributed by atoms with E-state index in [4.69, 9.17) is 0 Å². The molecule has 0 saturated heterocycles. The van der Waals surface area contributed by atoms with Crippen LogP contribution in [-0.4, -0.2) is 62.2 Å². The summed E-state index contributed by atoms with van der Waals surface area (Å²) in [6.45, 7) is 20.9. The Morgan fingerprint density at radius 2 is 1.35 bits per heavy atom. The third-order valence-electron chi connectivity index (χ3n) is 4.42. The van der Waals surface area contributed by atoms with Crippen LogP contribution in [0, 0.1) is 5.41 Å². The van der Waals surface area contributed by atoms with Gasteiger partial charge in [0.25, 0.3) is 0 Å². The molecular weight excluding hydrogens is 246 g/mol. The highest BCUT2D eigenvalue weighted by Crippen LogP contribution is 2.21. The van der Waals surface area contributed by atoms with Crippen LogP contribution >= 0.6 is 0 Å². The molecule has 0 aromatic carbocycles. The van der Waals surface area contributed by atoms with Crippen LogP contribution in [-0.2, 0) is 0 Å². The van der Waals surface area contributed by atoms with E-state index in [-0.39, 0.29) is 0 Å². The van der Waals surface area contributed by atoms with Crippen LogP contribution in [0.4, 0.5) is 0 Å². The van der Waals surface area contributed by atoms with Gasteiger partial charge in [0.1, 0.15) is 0 Å². The van der Waals surface area contributed by atoms with Crippen molar-refractivity contribution in [3.05, 3.63) is 0 Å². The zero-order chi connectivity index (χ0) is 15.6. The van der Waals surface area contributed by atoms with E-state index >= 15 is 0 Å². The van der Waals surface area contributed by atoms with E-state index in [1.807, 2.05) is 0 Å². The van der Waals surface area contributed by atoms with Crippen molar-refractivity contribution in [3.63, 3.8) is 0 Å². The van der Waals surface area contributed by atoms with Crippen LogP contribution in [0.15, 0.2) is 0 Å². The van der Waals surface area contributed by atoms with Crippen molar-refractivity contribution in [3.8, 4) is 0 Å². The van der Waals surface area contributed by atoms with Gasteiger partial charge in [0.2, 0.25) is 0 Å². The number of nitrogens with one attached hydrogen (secondary N) is 1. The minimum Gasteiger partial charge on any atom is -0.316 e. The first-order valence-electron chi connectivity index (χ1n) is 8.50. The molecule has 0 aliphatic heterocycles. The maximum absolute atomic E-state index is 3.48. The minimum atomic E-state index is 0.343. The fraction of sp³-hybridized carbons (Fsp3) is 1.00. The van der Waals surface area contributed by atoms with Gasteiger partial charge in [-0.1, -0.05) is 41.5 Å². The monoisotopic (exact) mass is 285 g/mol. The lowest BCUT2D eigenvalue weighted by atomic mass is 9.85. The zero-order valence-electron chi connectivity index (χ0n) is 15.1. The molecule has 0 fully saturated rings. The van der Waals surface area contributed by atoms with Crippen LogP contribution in [0.2, 0.25) is 0 Å². The van der Waals surface area contributed by atoms with Crippen molar-refractivity contribution >= 4 is 0 Å². The van der Waals surface area contributed by atoms with E-state index in [1.54, 1.807) is 0 Å². The highest BCUT2D eigenvalue weighted by atomic mass is 15.1. The molecule has 1 unspecified atom stereocenters. The molecule has 1 N–H and O–H groups in total. The maximum Gasteiger partial charge on any atom is 0.0125 e. The van der Waals surface area contributed by atoms with Crippen LogP contribution in [0.25, 0.3) is 0 Å². The third-order valence-corrected chi connectivity index (χ3v) is 4.42. The molecule has 0 bridgehead atoms. The smallest absolute Gasteiger partial charge is 0.0125 e. The second-order valence-corrected chi connectivity index (χ2v) is 6.81. The molecule has 0 amide bonds. The number of hydrogen-bond donors (Lipinski definition) is 1. The Hall–Kier alpha value is -0.120. The quantitative estimate of drug-likeness (QED) is 0.629. The Balaban J connectivity index is 4.03. The predicted molar refractivity (Wildman–Crippen MR) is 91.4 cm³/mol.